The molecule has 4 rings (SSSR count). The standard InChI is InChI=1S/C16H22O5/c1-14-5-3-6-15(2)11(14)10(20-13(15)19)12-16(8-18,21-12)9(14)4-7-17/h4,10-12,17-18H,3,5-8H2,1-2H3/t10-,11+,12+,14+,15-,16-/m0/s1. The lowest BCUT2D eigenvalue weighted by Crippen LogP contribution is -2.56. The van der Waals surface area contributed by atoms with Gasteiger partial charge >= 0.3 is 5.97 Å². The van der Waals surface area contributed by atoms with E-state index in [1.165, 1.54) is 0 Å². The first-order valence-electron chi connectivity index (χ1n) is 7.76. The molecule has 5 nitrogen and oxygen atoms in total. The molecule has 4 fully saturated rings. The number of fused-ring (bicyclic) bond motifs is 2. The molecule has 0 amide bonds. The van der Waals surface area contributed by atoms with Crippen molar-refractivity contribution in [1.29, 1.82) is 0 Å². The van der Waals surface area contributed by atoms with Crippen molar-refractivity contribution >= 4 is 5.97 Å². The molecule has 2 aliphatic heterocycles. The molecule has 0 radical (unpaired) electrons. The largest absolute Gasteiger partial charge is 0.459 e. The van der Waals surface area contributed by atoms with Crippen molar-refractivity contribution in [2.75, 3.05) is 13.2 Å². The van der Waals surface area contributed by atoms with Crippen molar-refractivity contribution in [3.63, 3.8) is 0 Å². The van der Waals surface area contributed by atoms with Crippen molar-refractivity contribution in [2.24, 2.45) is 16.7 Å². The third-order valence-corrected chi connectivity index (χ3v) is 6.44. The molecule has 2 heterocycles. The zero-order valence-electron chi connectivity index (χ0n) is 12.5. The summed E-state index contributed by atoms with van der Waals surface area (Å²) in [6.45, 7) is 3.94. The number of carbonyl (C=O) groups excluding carboxylic acids is 1. The van der Waals surface area contributed by atoms with Gasteiger partial charge in [-0.25, -0.2) is 0 Å². The summed E-state index contributed by atoms with van der Waals surface area (Å²) in [5, 5.41) is 19.3. The Morgan fingerprint density at radius 1 is 1.29 bits per heavy atom. The number of rotatable bonds is 2. The summed E-state index contributed by atoms with van der Waals surface area (Å²) in [4.78, 5) is 12.4. The molecule has 0 unspecified atom stereocenters. The van der Waals surface area contributed by atoms with E-state index in [9.17, 15) is 15.0 Å². The molecular formula is C16H22O5. The second kappa shape index (κ2) is 3.89. The van der Waals surface area contributed by atoms with Crippen molar-refractivity contribution in [1.82, 2.24) is 0 Å². The quantitative estimate of drug-likeness (QED) is 0.447. The van der Waals surface area contributed by atoms with Crippen LogP contribution in [0.5, 0.6) is 0 Å². The zero-order valence-corrected chi connectivity index (χ0v) is 12.5. The first-order chi connectivity index (χ1) is 9.94. The number of esters is 1. The van der Waals surface area contributed by atoms with Crippen molar-refractivity contribution < 1.29 is 24.5 Å². The van der Waals surface area contributed by atoms with E-state index in [-0.39, 0.29) is 42.7 Å². The van der Waals surface area contributed by atoms with Crippen LogP contribution in [0.2, 0.25) is 0 Å². The van der Waals surface area contributed by atoms with Gasteiger partial charge in [0.05, 0.1) is 18.6 Å². The minimum Gasteiger partial charge on any atom is -0.459 e. The molecular weight excluding hydrogens is 272 g/mol. The molecule has 4 aliphatic rings. The molecule has 2 saturated heterocycles. The summed E-state index contributed by atoms with van der Waals surface area (Å²) in [7, 11) is 0. The molecule has 21 heavy (non-hydrogen) atoms. The number of carbonyl (C=O) groups is 1. The molecule has 116 valence electrons. The summed E-state index contributed by atoms with van der Waals surface area (Å²) in [6, 6.07) is 0. The van der Waals surface area contributed by atoms with Crippen LogP contribution in [0.3, 0.4) is 0 Å². The number of aliphatic hydroxyl groups is 2. The van der Waals surface area contributed by atoms with E-state index in [0.717, 1.165) is 24.8 Å². The van der Waals surface area contributed by atoms with Crippen LogP contribution < -0.4 is 0 Å². The topological polar surface area (TPSA) is 79.3 Å². The second-order valence-corrected chi connectivity index (χ2v) is 7.42. The van der Waals surface area contributed by atoms with Gasteiger partial charge in [0.25, 0.3) is 0 Å². The molecule has 0 bridgehead atoms. The summed E-state index contributed by atoms with van der Waals surface area (Å²) < 4.78 is 11.5. The van der Waals surface area contributed by atoms with Gasteiger partial charge in [-0.15, -0.1) is 0 Å². The smallest absolute Gasteiger partial charge is 0.312 e. The third kappa shape index (κ3) is 1.36. The monoisotopic (exact) mass is 294 g/mol. The summed E-state index contributed by atoms with van der Waals surface area (Å²) in [5.41, 5.74) is -0.515. The maximum Gasteiger partial charge on any atom is 0.312 e. The minimum atomic E-state index is -0.748. The van der Waals surface area contributed by atoms with Crippen LogP contribution in [0.1, 0.15) is 33.1 Å². The Balaban J connectivity index is 1.89. The Labute approximate surface area is 123 Å². The lowest BCUT2D eigenvalue weighted by atomic mass is 9.48. The average molecular weight is 294 g/mol. The number of hydrogen-bond donors (Lipinski definition) is 2. The van der Waals surface area contributed by atoms with E-state index in [0.29, 0.717) is 0 Å². The van der Waals surface area contributed by atoms with Crippen LogP contribution in [0.15, 0.2) is 11.6 Å². The van der Waals surface area contributed by atoms with Crippen molar-refractivity contribution in [2.45, 2.75) is 50.9 Å². The summed E-state index contributed by atoms with van der Waals surface area (Å²) in [5.74, 6) is -0.0627. The second-order valence-electron chi connectivity index (χ2n) is 7.42. The summed E-state index contributed by atoms with van der Waals surface area (Å²) >= 11 is 0. The van der Waals surface area contributed by atoms with Gasteiger partial charge < -0.3 is 19.7 Å². The molecule has 0 aromatic rings. The molecule has 5 heteroatoms. The maximum atomic E-state index is 12.4. The molecule has 2 N–H and O–H groups in total. The normalized spacial score (nSPS) is 55.9. The molecule has 0 aromatic carbocycles. The molecule has 2 saturated carbocycles. The molecule has 6 atom stereocenters. The van der Waals surface area contributed by atoms with Crippen LogP contribution in [0.4, 0.5) is 0 Å². The van der Waals surface area contributed by atoms with Crippen molar-refractivity contribution in [3.8, 4) is 0 Å². The fourth-order valence-corrected chi connectivity index (χ4v) is 5.59. The highest BCUT2D eigenvalue weighted by Gasteiger charge is 2.79. The first kappa shape index (κ1) is 13.7. The zero-order chi connectivity index (χ0) is 15.0. The Kier molecular flexibility index (Phi) is 2.54. The van der Waals surface area contributed by atoms with E-state index in [4.69, 9.17) is 9.47 Å². The van der Waals surface area contributed by atoms with Gasteiger partial charge in [-0.1, -0.05) is 19.4 Å². The van der Waals surface area contributed by atoms with E-state index < -0.39 is 11.0 Å². The number of hydrogen-bond acceptors (Lipinski definition) is 5. The fraction of sp³-hybridized carbons (Fsp3) is 0.812. The highest BCUT2D eigenvalue weighted by Crippen LogP contribution is 2.70. The van der Waals surface area contributed by atoms with Gasteiger partial charge in [0.2, 0.25) is 0 Å². The predicted molar refractivity (Wildman–Crippen MR) is 73.3 cm³/mol. The molecule has 2 aliphatic carbocycles. The predicted octanol–water partition coefficient (Wildman–Crippen LogP) is 0.787. The van der Waals surface area contributed by atoms with Crippen LogP contribution in [0, 0.1) is 16.7 Å². The average Bonchev–Trinajstić information content (AvgIpc) is 3.12. The van der Waals surface area contributed by atoms with E-state index in [1.54, 1.807) is 6.08 Å². The maximum absolute atomic E-state index is 12.4. The fourth-order valence-electron chi connectivity index (χ4n) is 5.59. The number of aliphatic hydroxyl groups excluding tert-OH is 2. The van der Waals surface area contributed by atoms with Crippen LogP contribution in [0.25, 0.3) is 0 Å². The van der Waals surface area contributed by atoms with E-state index >= 15 is 0 Å². The third-order valence-electron chi connectivity index (χ3n) is 6.44. The van der Waals surface area contributed by atoms with Gasteiger partial charge in [-0.05, 0) is 30.8 Å². The van der Waals surface area contributed by atoms with Gasteiger partial charge in [-0.2, -0.15) is 0 Å². The molecule has 0 aromatic heterocycles. The van der Waals surface area contributed by atoms with E-state index in [1.807, 2.05) is 6.92 Å². The lowest BCUT2D eigenvalue weighted by Gasteiger charge is -2.52. The Hall–Kier alpha value is -0.910. The first-order valence-corrected chi connectivity index (χ1v) is 7.76. The van der Waals surface area contributed by atoms with Gasteiger partial charge in [0.15, 0.2) is 0 Å². The van der Waals surface area contributed by atoms with Gasteiger partial charge in [0.1, 0.15) is 17.8 Å². The van der Waals surface area contributed by atoms with Crippen LogP contribution in [-0.2, 0) is 14.3 Å². The number of epoxide rings is 1. The van der Waals surface area contributed by atoms with Crippen molar-refractivity contribution in [3.05, 3.63) is 11.6 Å². The lowest BCUT2D eigenvalue weighted by molar-refractivity contribution is -0.149. The molecule has 0 spiro atoms. The van der Waals surface area contributed by atoms with Gasteiger partial charge in [0, 0.05) is 5.92 Å². The Morgan fingerprint density at radius 3 is 2.67 bits per heavy atom. The van der Waals surface area contributed by atoms with Crippen LogP contribution in [-0.4, -0.2) is 47.2 Å². The Bertz CT molecular complexity index is 543. The highest BCUT2D eigenvalue weighted by molar-refractivity contribution is 5.80. The summed E-state index contributed by atoms with van der Waals surface area (Å²) in [6.07, 6.45) is 3.97. The van der Waals surface area contributed by atoms with E-state index in [2.05, 4.69) is 6.92 Å². The number of ether oxygens (including phenoxy) is 2. The highest BCUT2D eigenvalue weighted by atomic mass is 16.7. The SMILES string of the molecule is C[C@@]12CCC[C@]3(C)C(=CCO)[C@]4(CO)O[C@@H]4[C@@H](OC1=O)[C@@H]23. The Morgan fingerprint density at radius 2 is 2.00 bits per heavy atom. The minimum absolute atomic E-state index is 0.0659. The van der Waals surface area contributed by atoms with Gasteiger partial charge in [-0.3, -0.25) is 4.79 Å². The van der Waals surface area contributed by atoms with Crippen LogP contribution >= 0.6 is 0 Å².